The number of urea groups is 1. The molecule has 5 heteroatoms. The summed E-state index contributed by atoms with van der Waals surface area (Å²) in [5, 5.41) is 19.3. The largest absolute Gasteiger partial charge is 0.394 e. The van der Waals surface area contributed by atoms with Gasteiger partial charge >= 0.3 is 6.03 Å². The summed E-state index contributed by atoms with van der Waals surface area (Å²) in [5.41, 5.74) is -0.370. The summed E-state index contributed by atoms with van der Waals surface area (Å²) in [6.07, 6.45) is 5.73. The van der Waals surface area contributed by atoms with Gasteiger partial charge in [-0.2, -0.15) is 0 Å². The second-order valence-corrected chi connectivity index (χ2v) is 8.24. The van der Waals surface area contributed by atoms with Crippen molar-refractivity contribution < 1.29 is 9.90 Å². The Morgan fingerprint density at radius 2 is 1.67 bits per heavy atom. The molecule has 1 saturated carbocycles. The van der Waals surface area contributed by atoms with Crippen LogP contribution in [0.25, 0.3) is 0 Å². The number of carbonyl (C=O) groups excluding carboxylic acids is 1. The summed E-state index contributed by atoms with van der Waals surface area (Å²) < 4.78 is 0. The number of nitrogens with one attached hydrogen (secondary N) is 3. The lowest BCUT2D eigenvalue weighted by molar-refractivity contribution is 0.138. The fraction of sp³-hybridized carbons (Fsp3) is 0.938. The molecule has 2 fully saturated rings. The molecule has 0 radical (unpaired) electrons. The van der Waals surface area contributed by atoms with Crippen molar-refractivity contribution in [3.63, 3.8) is 0 Å². The Bertz CT molecular complexity index is 371. The first-order valence-electron chi connectivity index (χ1n) is 8.14. The average molecular weight is 297 g/mol. The number of aliphatic hydroxyl groups excluding tert-OH is 1. The summed E-state index contributed by atoms with van der Waals surface area (Å²) in [6, 6.07) is 0.0258. The second kappa shape index (κ2) is 5.76. The summed E-state index contributed by atoms with van der Waals surface area (Å²) in [5.74, 6) is 0. The van der Waals surface area contributed by atoms with Crippen molar-refractivity contribution in [1.82, 2.24) is 16.0 Å². The van der Waals surface area contributed by atoms with Crippen LogP contribution in [0.5, 0.6) is 0 Å². The molecular weight excluding hydrogens is 266 g/mol. The average Bonchev–Trinajstić information content (AvgIpc) is 2.73. The van der Waals surface area contributed by atoms with Crippen LogP contribution in [-0.4, -0.2) is 40.4 Å². The molecule has 0 spiro atoms. The Hall–Kier alpha value is -0.810. The zero-order valence-electron chi connectivity index (χ0n) is 13.9. The molecule has 2 rings (SSSR count). The molecule has 1 heterocycles. The van der Waals surface area contributed by atoms with Crippen molar-refractivity contribution in [3.8, 4) is 0 Å². The zero-order valence-corrected chi connectivity index (χ0v) is 13.9. The molecular formula is C16H31N3O2. The van der Waals surface area contributed by atoms with Crippen molar-refractivity contribution in [2.75, 3.05) is 6.61 Å². The van der Waals surface area contributed by atoms with Crippen LogP contribution in [0, 0.1) is 0 Å². The molecule has 1 aliphatic carbocycles. The lowest BCUT2D eigenvalue weighted by Crippen LogP contribution is -2.63. The third-order valence-corrected chi connectivity index (χ3v) is 4.77. The molecule has 0 bridgehead atoms. The van der Waals surface area contributed by atoms with E-state index in [1.54, 1.807) is 0 Å². The number of piperidine rings is 1. The lowest BCUT2D eigenvalue weighted by atomic mass is 9.79. The van der Waals surface area contributed by atoms with Crippen LogP contribution in [0.2, 0.25) is 0 Å². The van der Waals surface area contributed by atoms with Crippen molar-refractivity contribution in [2.24, 2.45) is 0 Å². The van der Waals surface area contributed by atoms with Gasteiger partial charge in [0.05, 0.1) is 12.1 Å². The van der Waals surface area contributed by atoms with E-state index in [1.807, 2.05) is 0 Å². The molecule has 122 valence electrons. The van der Waals surface area contributed by atoms with Crippen molar-refractivity contribution >= 4 is 6.03 Å². The molecule has 21 heavy (non-hydrogen) atoms. The van der Waals surface area contributed by atoms with Gasteiger partial charge in [0.25, 0.3) is 0 Å². The molecule has 1 saturated heterocycles. The van der Waals surface area contributed by atoms with Crippen molar-refractivity contribution in [1.29, 1.82) is 0 Å². The Labute approximate surface area is 128 Å². The molecule has 0 aromatic heterocycles. The number of amides is 2. The van der Waals surface area contributed by atoms with E-state index < -0.39 is 5.54 Å². The summed E-state index contributed by atoms with van der Waals surface area (Å²) >= 11 is 0. The van der Waals surface area contributed by atoms with E-state index in [1.165, 1.54) is 0 Å². The molecule has 2 aliphatic rings. The highest BCUT2D eigenvalue weighted by molar-refractivity contribution is 5.75. The third-order valence-electron chi connectivity index (χ3n) is 4.77. The standard InChI is InChI=1S/C16H31N3O2/c1-14(2)9-12(10-15(3,4)19-14)17-13(21)18-16(11-20)7-5-6-8-16/h12,19-20H,5-11H2,1-4H3,(H2,17,18,21). The van der Waals surface area contributed by atoms with E-state index in [-0.39, 0.29) is 29.8 Å². The number of rotatable bonds is 3. The predicted octanol–water partition coefficient (Wildman–Crippen LogP) is 1.90. The van der Waals surface area contributed by atoms with E-state index in [9.17, 15) is 9.90 Å². The van der Waals surface area contributed by atoms with Gasteiger partial charge in [-0.05, 0) is 53.4 Å². The van der Waals surface area contributed by atoms with Gasteiger partial charge in [0, 0.05) is 17.1 Å². The van der Waals surface area contributed by atoms with E-state index in [2.05, 4.69) is 43.6 Å². The van der Waals surface area contributed by atoms with Crippen LogP contribution >= 0.6 is 0 Å². The Morgan fingerprint density at radius 3 is 2.14 bits per heavy atom. The zero-order chi connectivity index (χ0) is 15.7. The van der Waals surface area contributed by atoms with Gasteiger partial charge in [-0.15, -0.1) is 0 Å². The SMILES string of the molecule is CC1(C)CC(NC(=O)NC2(CO)CCCC2)CC(C)(C)N1. The van der Waals surface area contributed by atoms with Gasteiger partial charge < -0.3 is 21.1 Å². The van der Waals surface area contributed by atoms with E-state index >= 15 is 0 Å². The monoisotopic (exact) mass is 297 g/mol. The maximum atomic E-state index is 12.3. The summed E-state index contributed by atoms with van der Waals surface area (Å²) in [4.78, 5) is 12.3. The highest BCUT2D eigenvalue weighted by Crippen LogP contribution is 2.30. The van der Waals surface area contributed by atoms with Crippen LogP contribution in [0.1, 0.15) is 66.2 Å². The first-order chi connectivity index (χ1) is 9.65. The molecule has 0 aromatic carbocycles. The van der Waals surface area contributed by atoms with Crippen molar-refractivity contribution in [3.05, 3.63) is 0 Å². The number of carbonyl (C=O) groups is 1. The van der Waals surface area contributed by atoms with Gasteiger partial charge in [0.1, 0.15) is 0 Å². The summed E-state index contributed by atoms with van der Waals surface area (Å²) in [6.45, 7) is 8.72. The van der Waals surface area contributed by atoms with Gasteiger partial charge in [-0.1, -0.05) is 12.8 Å². The van der Waals surface area contributed by atoms with E-state index in [0.717, 1.165) is 38.5 Å². The first-order valence-corrected chi connectivity index (χ1v) is 8.14. The first kappa shape index (κ1) is 16.6. The molecule has 1 aliphatic heterocycles. The third kappa shape index (κ3) is 4.33. The van der Waals surface area contributed by atoms with Crippen LogP contribution in [0.15, 0.2) is 0 Å². The molecule has 0 atom stereocenters. The quantitative estimate of drug-likeness (QED) is 0.643. The fourth-order valence-electron chi connectivity index (χ4n) is 4.26. The van der Waals surface area contributed by atoms with E-state index in [4.69, 9.17) is 0 Å². The number of aliphatic hydroxyl groups is 1. The van der Waals surface area contributed by atoms with Crippen molar-refractivity contribution in [2.45, 2.75) is 88.9 Å². The Morgan fingerprint density at radius 1 is 1.14 bits per heavy atom. The molecule has 0 aromatic rings. The van der Waals surface area contributed by atoms with Gasteiger partial charge in [-0.3, -0.25) is 0 Å². The van der Waals surface area contributed by atoms with Gasteiger partial charge in [0.2, 0.25) is 0 Å². The minimum absolute atomic E-state index is 0.0156. The summed E-state index contributed by atoms with van der Waals surface area (Å²) in [7, 11) is 0. The number of hydrogen-bond acceptors (Lipinski definition) is 3. The number of hydrogen-bond donors (Lipinski definition) is 4. The van der Waals surface area contributed by atoms with Crippen LogP contribution in [-0.2, 0) is 0 Å². The predicted molar refractivity (Wildman–Crippen MR) is 84.3 cm³/mol. The normalized spacial score (nSPS) is 27.3. The fourth-order valence-corrected chi connectivity index (χ4v) is 4.26. The smallest absolute Gasteiger partial charge is 0.315 e. The Kier molecular flexibility index (Phi) is 4.54. The van der Waals surface area contributed by atoms with Crippen LogP contribution in [0.4, 0.5) is 4.79 Å². The highest BCUT2D eigenvalue weighted by Gasteiger charge is 2.39. The maximum Gasteiger partial charge on any atom is 0.315 e. The highest BCUT2D eigenvalue weighted by atomic mass is 16.3. The maximum absolute atomic E-state index is 12.3. The lowest BCUT2D eigenvalue weighted by Gasteiger charge is -2.46. The molecule has 2 amide bonds. The molecule has 0 unspecified atom stereocenters. The van der Waals surface area contributed by atoms with Gasteiger partial charge in [0.15, 0.2) is 0 Å². The second-order valence-electron chi connectivity index (χ2n) is 8.24. The van der Waals surface area contributed by atoms with Crippen LogP contribution in [0.3, 0.4) is 0 Å². The Balaban J connectivity index is 1.93. The minimum atomic E-state index is -0.401. The molecule has 5 nitrogen and oxygen atoms in total. The molecule has 4 N–H and O–H groups in total. The van der Waals surface area contributed by atoms with Crippen LogP contribution < -0.4 is 16.0 Å². The topological polar surface area (TPSA) is 73.4 Å². The minimum Gasteiger partial charge on any atom is -0.394 e. The van der Waals surface area contributed by atoms with E-state index in [0.29, 0.717) is 0 Å². The van der Waals surface area contributed by atoms with Gasteiger partial charge in [-0.25, -0.2) is 4.79 Å².